The molecule has 0 spiro atoms. The van der Waals surface area contributed by atoms with Gasteiger partial charge in [0, 0.05) is 19.6 Å². The van der Waals surface area contributed by atoms with E-state index >= 15 is 0 Å². The number of hydrogen-bond acceptors (Lipinski definition) is 6. The zero-order valence-corrected chi connectivity index (χ0v) is 18.5. The van der Waals surface area contributed by atoms with E-state index in [-0.39, 0.29) is 17.3 Å². The number of phenols is 1. The second-order valence-electron chi connectivity index (χ2n) is 8.63. The second kappa shape index (κ2) is 8.63. The third-order valence-electron chi connectivity index (χ3n) is 5.95. The van der Waals surface area contributed by atoms with E-state index in [1.54, 1.807) is 44.6 Å². The van der Waals surface area contributed by atoms with Crippen molar-refractivity contribution in [3.63, 3.8) is 0 Å². The van der Waals surface area contributed by atoms with Gasteiger partial charge in [-0.15, -0.1) is 0 Å². The maximum atomic E-state index is 13.0. The van der Waals surface area contributed by atoms with Crippen molar-refractivity contribution in [3.05, 3.63) is 52.8 Å². The molecule has 0 saturated carbocycles. The van der Waals surface area contributed by atoms with Crippen molar-refractivity contribution in [2.45, 2.75) is 26.8 Å². The van der Waals surface area contributed by atoms with Gasteiger partial charge in [0.15, 0.2) is 17.3 Å². The van der Waals surface area contributed by atoms with Gasteiger partial charge in [-0.3, -0.25) is 9.69 Å². The number of aromatic hydroxyl groups is 1. The molecule has 6 nitrogen and oxygen atoms in total. The van der Waals surface area contributed by atoms with E-state index in [1.165, 1.54) is 6.42 Å². The first-order valence-corrected chi connectivity index (χ1v) is 10.6. The van der Waals surface area contributed by atoms with Crippen LogP contribution in [0.2, 0.25) is 0 Å². The lowest BCUT2D eigenvalue weighted by atomic mass is 9.91. The molecule has 31 heavy (non-hydrogen) atoms. The summed E-state index contributed by atoms with van der Waals surface area (Å²) in [6.45, 7) is 7.00. The molecule has 6 heteroatoms. The van der Waals surface area contributed by atoms with Crippen LogP contribution in [0.1, 0.15) is 41.8 Å². The predicted molar refractivity (Wildman–Crippen MR) is 119 cm³/mol. The molecule has 4 rings (SSSR count). The second-order valence-corrected chi connectivity index (χ2v) is 8.63. The minimum absolute atomic E-state index is 0.157. The molecule has 164 valence electrons. The lowest BCUT2D eigenvalue weighted by Gasteiger charge is -2.35. The molecular weight excluding hydrogens is 394 g/mol. The first-order chi connectivity index (χ1) is 14.9. The van der Waals surface area contributed by atoms with Crippen molar-refractivity contribution < 1.29 is 24.1 Å². The van der Waals surface area contributed by atoms with Crippen LogP contribution < -0.4 is 14.2 Å². The summed E-state index contributed by atoms with van der Waals surface area (Å²) >= 11 is 0. The van der Waals surface area contributed by atoms with Gasteiger partial charge in [-0.1, -0.05) is 19.9 Å². The molecule has 0 unspecified atom stereocenters. The van der Waals surface area contributed by atoms with Crippen molar-refractivity contribution in [3.8, 4) is 23.0 Å². The smallest absolute Gasteiger partial charge is 0.231 e. The SMILES string of the molecule is COc1ccc(C=C2Oc3c(ccc(O)c3CN3C[C@H](C)C[C@H](C)C3)C2=O)cc1OC. The lowest BCUT2D eigenvalue weighted by Crippen LogP contribution is -2.38. The molecule has 2 aromatic carbocycles. The molecule has 0 radical (unpaired) electrons. The van der Waals surface area contributed by atoms with E-state index in [0.717, 1.165) is 18.7 Å². The van der Waals surface area contributed by atoms with Gasteiger partial charge in [0.25, 0.3) is 0 Å². The molecule has 1 saturated heterocycles. The maximum Gasteiger partial charge on any atom is 0.231 e. The number of ketones is 1. The van der Waals surface area contributed by atoms with Gasteiger partial charge >= 0.3 is 0 Å². The van der Waals surface area contributed by atoms with E-state index in [2.05, 4.69) is 18.7 Å². The average Bonchev–Trinajstić information content (AvgIpc) is 3.05. The van der Waals surface area contributed by atoms with Crippen LogP contribution in [0.15, 0.2) is 36.1 Å². The highest BCUT2D eigenvalue weighted by Crippen LogP contribution is 2.41. The number of likely N-dealkylation sites (tertiary alicyclic amines) is 1. The molecule has 2 aliphatic rings. The number of piperidine rings is 1. The zero-order chi connectivity index (χ0) is 22.1. The van der Waals surface area contributed by atoms with E-state index in [0.29, 0.717) is 46.8 Å². The molecule has 0 aliphatic carbocycles. The van der Waals surface area contributed by atoms with Gasteiger partial charge in [-0.25, -0.2) is 0 Å². The van der Waals surface area contributed by atoms with Crippen molar-refractivity contribution >= 4 is 11.9 Å². The van der Waals surface area contributed by atoms with Gasteiger partial charge in [-0.05, 0) is 54.2 Å². The lowest BCUT2D eigenvalue weighted by molar-refractivity contribution is 0.101. The number of nitrogens with zero attached hydrogens (tertiary/aromatic N) is 1. The number of phenolic OH excluding ortho intramolecular Hbond substituents is 1. The molecule has 2 atom stereocenters. The summed E-state index contributed by atoms with van der Waals surface area (Å²) < 4.78 is 16.6. The Morgan fingerprint density at radius 1 is 1.10 bits per heavy atom. The van der Waals surface area contributed by atoms with Crippen LogP contribution in [-0.4, -0.2) is 43.1 Å². The Balaban J connectivity index is 1.63. The summed E-state index contributed by atoms with van der Waals surface area (Å²) in [4.78, 5) is 15.3. The number of allylic oxidation sites excluding steroid dienone is 1. The van der Waals surface area contributed by atoms with Gasteiger partial charge in [-0.2, -0.15) is 0 Å². The number of Topliss-reactive ketones (excluding diaryl/α,β-unsaturated/α-hetero) is 1. The minimum Gasteiger partial charge on any atom is -0.507 e. The van der Waals surface area contributed by atoms with Crippen LogP contribution >= 0.6 is 0 Å². The van der Waals surface area contributed by atoms with E-state index < -0.39 is 0 Å². The third kappa shape index (κ3) is 4.26. The average molecular weight is 424 g/mol. The number of hydrogen-bond donors (Lipinski definition) is 1. The molecule has 1 N–H and O–H groups in total. The molecule has 0 bridgehead atoms. The first-order valence-electron chi connectivity index (χ1n) is 10.6. The van der Waals surface area contributed by atoms with Gasteiger partial charge in [0.2, 0.25) is 5.78 Å². The van der Waals surface area contributed by atoms with Crippen molar-refractivity contribution in [2.75, 3.05) is 27.3 Å². The zero-order valence-electron chi connectivity index (χ0n) is 18.5. The van der Waals surface area contributed by atoms with Crippen LogP contribution in [0.5, 0.6) is 23.0 Å². The quantitative estimate of drug-likeness (QED) is 0.714. The first kappa shape index (κ1) is 21.2. The Morgan fingerprint density at radius 3 is 2.48 bits per heavy atom. The number of ether oxygens (including phenoxy) is 3. The highest BCUT2D eigenvalue weighted by Gasteiger charge is 2.32. The molecule has 0 amide bonds. The Morgan fingerprint density at radius 2 is 1.81 bits per heavy atom. The summed E-state index contributed by atoms with van der Waals surface area (Å²) in [5.74, 6) is 3.06. The molecule has 2 aliphatic heterocycles. The fourth-order valence-electron chi connectivity index (χ4n) is 4.69. The van der Waals surface area contributed by atoms with E-state index in [4.69, 9.17) is 14.2 Å². The molecule has 2 aromatic rings. The van der Waals surface area contributed by atoms with Crippen LogP contribution in [0.25, 0.3) is 6.08 Å². The summed E-state index contributed by atoms with van der Waals surface area (Å²) in [7, 11) is 3.15. The number of fused-ring (bicyclic) bond motifs is 1. The standard InChI is InChI=1S/C25H29NO5/c1-15-9-16(2)13-26(12-15)14-19-20(27)7-6-18-24(28)23(31-25(18)19)11-17-5-8-21(29-3)22(10-17)30-4/h5-8,10-11,15-16,27H,9,12-14H2,1-4H3/t15-,16+. The predicted octanol–water partition coefficient (Wildman–Crippen LogP) is 4.50. The fourth-order valence-corrected chi connectivity index (χ4v) is 4.69. The number of methoxy groups -OCH3 is 2. The van der Waals surface area contributed by atoms with Crippen molar-refractivity contribution in [2.24, 2.45) is 11.8 Å². The number of carbonyl (C=O) groups excluding carboxylic acids is 1. The van der Waals surface area contributed by atoms with E-state index in [1.807, 2.05) is 6.07 Å². The summed E-state index contributed by atoms with van der Waals surface area (Å²) in [6, 6.07) is 8.63. The van der Waals surface area contributed by atoms with Crippen LogP contribution in [0.4, 0.5) is 0 Å². The van der Waals surface area contributed by atoms with Gasteiger partial charge < -0.3 is 19.3 Å². The molecule has 0 aromatic heterocycles. The third-order valence-corrected chi connectivity index (χ3v) is 5.95. The highest BCUT2D eigenvalue weighted by atomic mass is 16.5. The molecular formula is C25H29NO5. The Bertz CT molecular complexity index is 1020. The largest absolute Gasteiger partial charge is 0.507 e. The van der Waals surface area contributed by atoms with Crippen molar-refractivity contribution in [1.82, 2.24) is 4.90 Å². The Hall–Kier alpha value is -2.99. The highest BCUT2D eigenvalue weighted by molar-refractivity contribution is 6.15. The van der Waals surface area contributed by atoms with Crippen LogP contribution in [-0.2, 0) is 6.54 Å². The minimum atomic E-state index is -0.189. The Labute approximate surface area is 183 Å². The molecule has 1 fully saturated rings. The number of carbonyl (C=O) groups is 1. The van der Waals surface area contributed by atoms with Crippen LogP contribution in [0.3, 0.4) is 0 Å². The number of rotatable bonds is 5. The summed E-state index contributed by atoms with van der Waals surface area (Å²) in [5, 5.41) is 10.6. The maximum absolute atomic E-state index is 13.0. The number of benzene rings is 2. The van der Waals surface area contributed by atoms with Gasteiger partial charge in [0.1, 0.15) is 11.5 Å². The normalized spacial score (nSPS) is 22.3. The van der Waals surface area contributed by atoms with Crippen LogP contribution in [0, 0.1) is 11.8 Å². The van der Waals surface area contributed by atoms with Crippen molar-refractivity contribution in [1.29, 1.82) is 0 Å². The summed E-state index contributed by atoms with van der Waals surface area (Å²) in [6.07, 6.45) is 2.90. The van der Waals surface area contributed by atoms with Gasteiger partial charge in [0.05, 0.1) is 25.3 Å². The summed E-state index contributed by atoms with van der Waals surface area (Å²) in [5.41, 5.74) is 1.92. The van der Waals surface area contributed by atoms with E-state index in [9.17, 15) is 9.90 Å². The monoisotopic (exact) mass is 423 g/mol. The molecule has 2 heterocycles. The Kier molecular flexibility index (Phi) is 5.92. The topological polar surface area (TPSA) is 68.2 Å². The fraction of sp³-hybridized carbons (Fsp3) is 0.400.